The van der Waals surface area contributed by atoms with Gasteiger partial charge in [0.2, 0.25) is 0 Å². The second-order valence-electron chi connectivity index (χ2n) is 7.91. The molecule has 2 aromatic rings. The second-order valence-corrected chi connectivity index (χ2v) is 8.35. The molecule has 5 heteroatoms. The first-order chi connectivity index (χ1) is 12.9. The van der Waals surface area contributed by atoms with E-state index < -0.39 is 12.2 Å². The van der Waals surface area contributed by atoms with E-state index in [1.54, 1.807) is 0 Å². The molecule has 4 rings (SSSR count). The first-order valence-corrected chi connectivity index (χ1v) is 9.95. The van der Waals surface area contributed by atoms with Crippen LogP contribution in [0.3, 0.4) is 0 Å². The van der Waals surface area contributed by atoms with E-state index in [2.05, 4.69) is 4.90 Å². The van der Waals surface area contributed by atoms with Gasteiger partial charge in [0.15, 0.2) is 0 Å². The molecule has 2 heterocycles. The Morgan fingerprint density at radius 2 is 1.89 bits per heavy atom. The van der Waals surface area contributed by atoms with Crippen LogP contribution in [0.1, 0.15) is 48.2 Å². The minimum absolute atomic E-state index is 0.302. The summed E-state index contributed by atoms with van der Waals surface area (Å²) in [6.07, 6.45) is 1.34. The smallest absolute Gasteiger partial charge is 0.125 e. The molecule has 0 radical (unpaired) electrons. The van der Waals surface area contributed by atoms with Crippen molar-refractivity contribution in [1.82, 2.24) is 4.90 Å². The van der Waals surface area contributed by atoms with Crippen LogP contribution in [0.2, 0.25) is 5.02 Å². The summed E-state index contributed by atoms with van der Waals surface area (Å²) in [4.78, 5) is 2.27. The van der Waals surface area contributed by atoms with Crippen molar-refractivity contribution in [2.75, 3.05) is 19.6 Å². The maximum Gasteiger partial charge on any atom is 0.125 e. The summed E-state index contributed by atoms with van der Waals surface area (Å²) in [5.74, 6) is 0.814. The number of hydrogen-bond donors (Lipinski definition) is 2. The fourth-order valence-electron chi connectivity index (χ4n) is 4.24. The topological polar surface area (TPSA) is 52.9 Å². The molecule has 2 N–H and O–H groups in total. The van der Waals surface area contributed by atoms with Crippen molar-refractivity contribution in [1.29, 1.82) is 0 Å². The Morgan fingerprint density at radius 1 is 1.19 bits per heavy atom. The molecule has 0 aromatic heterocycles. The number of aryl methyl sites for hydroxylation is 1. The van der Waals surface area contributed by atoms with Crippen molar-refractivity contribution >= 4 is 11.6 Å². The average molecular weight is 388 g/mol. The molecule has 2 aromatic carbocycles. The average Bonchev–Trinajstić information content (AvgIpc) is 2.65. The van der Waals surface area contributed by atoms with Crippen LogP contribution in [0.4, 0.5) is 0 Å². The zero-order chi connectivity index (χ0) is 19.0. The van der Waals surface area contributed by atoms with E-state index in [1.807, 2.05) is 49.4 Å². The molecule has 0 amide bonds. The molecule has 0 unspecified atom stereocenters. The summed E-state index contributed by atoms with van der Waals surface area (Å²) in [6.45, 7) is 4.31. The van der Waals surface area contributed by atoms with Gasteiger partial charge in [0, 0.05) is 36.6 Å². The van der Waals surface area contributed by atoms with Gasteiger partial charge >= 0.3 is 0 Å². The van der Waals surface area contributed by atoms with Gasteiger partial charge in [-0.2, -0.15) is 0 Å². The van der Waals surface area contributed by atoms with E-state index in [0.29, 0.717) is 18.0 Å². The third-order valence-corrected chi connectivity index (χ3v) is 6.12. The predicted octanol–water partition coefficient (Wildman–Crippen LogP) is 4.03. The molecule has 2 aliphatic rings. The molecular weight excluding hydrogens is 362 g/mol. The van der Waals surface area contributed by atoms with Crippen LogP contribution in [0.15, 0.2) is 42.5 Å². The number of fused-ring (bicyclic) bond motifs is 1. The number of ether oxygens (including phenoxy) is 1. The van der Waals surface area contributed by atoms with E-state index >= 15 is 0 Å². The summed E-state index contributed by atoms with van der Waals surface area (Å²) in [7, 11) is 0. The summed E-state index contributed by atoms with van der Waals surface area (Å²) in [5.41, 5.74) is 2.62. The number of nitrogens with zero attached hydrogens (tertiary/aromatic N) is 1. The molecule has 0 saturated carbocycles. The predicted molar refractivity (Wildman–Crippen MR) is 106 cm³/mol. The Hall–Kier alpha value is -1.59. The first kappa shape index (κ1) is 18.8. The summed E-state index contributed by atoms with van der Waals surface area (Å²) in [5, 5.41) is 21.8. The first-order valence-electron chi connectivity index (χ1n) is 9.58. The highest BCUT2D eigenvalue weighted by atomic mass is 35.5. The minimum atomic E-state index is -0.530. The standard InChI is InChI=1S/C22H26ClNO3/c1-15-2-7-21-18(12-15)19(25)13-22(27-21)8-10-24(11-9-22)14-20(26)16-3-5-17(23)6-4-16/h2-7,12,19-20,25-26H,8-11,13-14H2,1H3/t19-,20-/m0/s1. The summed E-state index contributed by atoms with van der Waals surface area (Å²) < 4.78 is 6.37. The van der Waals surface area contributed by atoms with Crippen molar-refractivity contribution in [2.45, 2.75) is 44.0 Å². The molecule has 2 aliphatic heterocycles. The molecule has 27 heavy (non-hydrogen) atoms. The monoisotopic (exact) mass is 387 g/mol. The third-order valence-electron chi connectivity index (χ3n) is 5.87. The highest BCUT2D eigenvalue weighted by molar-refractivity contribution is 6.30. The number of aliphatic hydroxyl groups is 2. The highest BCUT2D eigenvalue weighted by Crippen LogP contribution is 2.44. The van der Waals surface area contributed by atoms with Gasteiger partial charge in [0.05, 0.1) is 12.2 Å². The number of hydrogen-bond acceptors (Lipinski definition) is 4. The van der Waals surface area contributed by atoms with E-state index in [4.69, 9.17) is 16.3 Å². The molecule has 1 fully saturated rings. The van der Waals surface area contributed by atoms with Crippen LogP contribution < -0.4 is 4.74 Å². The van der Waals surface area contributed by atoms with Crippen LogP contribution in [0.5, 0.6) is 5.75 Å². The zero-order valence-corrected chi connectivity index (χ0v) is 16.3. The van der Waals surface area contributed by atoms with Gasteiger partial charge < -0.3 is 19.8 Å². The largest absolute Gasteiger partial charge is 0.487 e. The Kier molecular flexibility index (Phi) is 5.17. The number of aliphatic hydroxyl groups excluding tert-OH is 2. The van der Waals surface area contributed by atoms with Gasteiger partial charge in [-0.25, -0.2) is 0 Å². The minimum Gasteiger partial charge on any atom is -0.487 e. The van der Waals surface area contributed by atoms with Crippen LogP contribution in [-0.2, 0) is 0 Å². The Bertz CT molecular complexity index is 800. The molecule has 2 atom stereocenters. The van der Waals surface area contributed by atoms with Crippen molar-refractivity contribution in [3.8, 4) is 5.75 Å². The molecular formula is C22H26ClNO3. The van der Waals surface area contributed by atoms with Crippen LogP contribution in [0, 0.1) is 6.92 Å². The van der Waals surface area contributed by atoms with Gasteiger partial charge in [-0.05, 0) is 49.6 Å². The van der Waals surface area contributed by atoms with Gasteiger partial charge in [-0.1, -0.05) is 35.4 Å². The highest BCUT2D eigenvalue weighted by Gasteiger charge is 2.43. The van der Waals surface area contributed by atoms with Crippen molar-refractivity contribution < 1.29 is 14.9 Å². The molecule has 1 spiro atoms. The molecule has 1 saturated heterocycles. The maximum atomic E-state index is 10.6. The second kappa shape index (κ2) is 7.44. The lowest BCUT2D eigenvalue weighted by Gasteiger charge is -2.46. The van der Waals surface area contributed by atoms with Crippen LogP contribution in [-0.4, -0.2) is 40.3 Å². The zero-order valence-electron chi connectivity index (χ0n) is 15.6. The van der Waals surface area contributed by atoms with E-state index in [0.717, 1.165) is 48.4 Å². The van der Waals surface area contributed by atoms with Crippen molar-refractivity contribution in [3.63, 3.8) is 0 Å². The molecule has 0 bridgehead atoms. The molecule has 4 nitrogen and oxygen atoms in total. The van der Waals surface area contributed by atoms with Gasteiger partial charge in [0.25, 0.3) is 0 Å². The lowest BCUT2D eigenvalue weighted by Crippen LogP contribution is -2.51. The maximum absolute atomic E-state index is 10.6. The Labute approximate surface area is 165 Å². The normalized spacial score (nSPS) is 22.9. The SMILES string of the molecule is Cc1ccc2c(c1)[C@@H](O)CC1(CCN(C[C@H](O)c3ccc(Cl)cc3)CC1)O2. The quantitative estimate of drug-likeness (QED) is 0.834. The Balaban J connectivity index is 1.39. The van der Waals surface area contributed by atoms with Gasteiger partial charge in [-0.15, -0.1) is 0 Å². The lowest BCUT2D eigenvalue weighted by atomic mass is 9.81. The number of likely N-dealkylation sites (tertiary alicyclic amines) is 1. The number of halogens is 1. The van der Waals surface area contributed by atoms with Crippen molar-refractivity contribution in [3.05, 3.63) is 64.2 Å². The van der Waals surface area contributed by atoms with E-state index in [9.17, 15) is 10.2 Å². The van der Waals surface area contributed by atoms with Gasteiger partial charge in [0.1, 0.15) is 11.4 Å². The molecule has 144 valence electrons. The van der Waals surface area contributed by atoms with Gasteiger partial charge in [-0.3, -0.25) is 0 Å². The van der Waals surface area contributed by atoms with Crippen LogP contribution in [0.25, 0.3) is 0 Å². The number of piperidine rings is 1. The summed E-state index contributed by atoms with van der Waals surface area (Å²) in [6, 6.07) is 13.4. The fourth-order valence-corrected chi connectivity index (χ4v) is 4.37. The third kappa shape index (κ3) is 3.99. The lowest BCUT2D eigenvalue weighted by molar-refractivity contribution is -0.0588. The summed E-state index contributed by atoms with van der Waals surface area (Å²) >= 11 is 5.92. The number of β-amino-alcohol motifs (C(OH)–C–C–N with tert-alkyl or cyclic N) is 1. The van der Waals surface area contributed by atoms with Crippen molar-refractivity contribution in [2.24, 2.45) is 0 Å². The van der Waals surface area contributed by atoms with E-state index in [-0.39, 0.29) is 5.60 Å². The number of benzene rings is 2. The number of rotatable bonds is 3. The fraction of sp³-hybridized carbons (Fsp3) is 0.455. The Morgan fingerprint density at radius 3 is 2.59 bits per heavy atom. The van der Waals surface area contributed by atoms with E-state index in [1.165, 1.54) is 0 Å². The van der Waals surface area contributed by atoms with Crippen LogP contribution >= 0.6 is 11.6 Å². The molecule has 0 aliphatic carbocycles.